The molecule has 2 heterocycles. The molecule has 1 aromatic rings. The number of hydrogen-bond acceptors (Lipinski definition) is 3. The first-order valence-electron chi connectivity index (χ1n) is 8.16. The average molecular weight is 352 g/mol. The molecule has 116 valence electrons. The van der Waals surface area contributed by atoms with Gasteiger partial charge >= 0.3 is 0 Å². The molecule has 2 unspecified atom stereocenters. The lowest BCUT2D eigenvalue weighted by Gasteiger charge is -2.28. The van der Waals surface area contributed by atoms with Crippen LogP contribution in [0, 0.1) is 0 Å². The van der Waals surface area contributed by atoms with E-state index in [1.807, 2.05) is 0 Å². The van der Waals surface area contributed by atoms with Gasteiger partial charge in [0.25, 0.3) is 0 Å². The zero-order chi connectivity index (χ0) is 14.8. The smallest absolute Gasteiger partial charge is 0.0511 e. The average Bonchev–Trinajstić information content (AvgIpc) is 2.76. The van der Waals surface area contributed by atoms with Gasteiger partial charge in [0.1, 0.15) is 0 Å². The zero-order valence-electron chi connectivity index (χ0n) is 12.9. The van der Waals surface area contributed by atoms with E-state index in [1.165, 1.54) is 54.6 Å². The Balaban J connectivity index is 1.76. The van der Waals surface area contributed by atoms with E-state index in [0.717, 1.165) is 19.0 Å². The molecule has 2 aliphatic heterocycles. The standard InChI is InChI=1S/C17H26BrN3/c1-13(19)10-14-5-6-17(16(18)11-14)21-9-3-8-20-7-2-4-15(20)12-21/h5-6,11,13,15H,2-4,7-10,12,19H2,1H3. The van der Waals surface area contributed by atoms with Gasteiger partial charge in [-0.1, -0.05) is 6.07 Å². The Morgan fingerprint density at radius 1 is 1.29 bits per heavy atom. The van der Waals surface area contributed by atoms with Crippen LogP contribution in [0.2, 0.25) is 0 Å². The Hall–Kier alpha value is -0.580. The van der Waals surface area contributed by atoms with Crippen molar-refractivity contribution in [2.75, 3.05) is 31.1 Å². The molecule has 3 rings (SSSR count). The van der Waals surface area contributed by atoms with Crippen LogP contribution in [0.1, 0.15) is 31.7 Å². The Bertz CT molecular complexity index is 489. The summed E-state index contributed by atoms with van der Waals surface area (Å²) in [6.07, 6.45) is 4.93. The molecule has 4 heteroatoms. The topological polar surface area (TPSA) is 32.5 Å². The molecule has 0 aliphatic carbocycles. The van der Waals surface area contributed by atoms with Crippen molar-refractivity contribution in [1.29, 1.82) is 0 Å². The van der Waals surface area contributed by atoms with Crippen molar-refractivity contribution in [3.05, 3.63) is 28.2 Å². The molecule has 2 fully saturated rings. The summed E-state index contributed by atoms with van der Waals surface area (Å²) in [6.45, 7) is 6.96. The van der Waals surface area contributed by atoms with Gasteiger partial charge in [-0.05, 0) is 72.8 Å². The fourth-order valence-corrected chi connectivity index (χ4v) is 4.41. The fourth-order valence-electron chi connectivity index (χ4n) is 3.73. The quantitative estimate of drug-likeness (QED) is 0.908. The molecule has 0 spiro atoms. The molecule has 0 amide bonds. The maximum Gasteiger partial charge on any atom is 0.0511 e. The fraction of sp³-hybridized carbons (Fsp3) is 0.647. The van der Waals surface area contributed by atoms with Crippen LogP contribution in [0.25, 0.3) is 0 Å². The number of benzene rings is 1. The van der Waals surface area contributed by atoms with Crippen molar-refractivity contribution in [1.82, 2.24) is 4.90 Å². The Kier molecular flexibility index (Phi) is 4.87. The van der Waals surface area contributed by atoms with Crippen molar-refractivity contribution >= 4 is 21.6 Å². The van der Waals surface area contributed by atoms with Crippen molar-refractivity contribution in [2.24, 2.45) is 5.73 Å². The third-order valence-corrected chi connectivity index (χ3v) is 5.35. The normalized spacial score (nSPS) is 24.7. The summed E-state index contributed by atoms with van der Waals surface area (Å²) in [7, 11) is 0. The zero-order valence-corrected chi connectivity index (χ0v) is 14.5. The molecule has 0 radical (unpaired) electrons. The lowest BCUT2D eigenvalue weighted by molar-refractivity contribution is 0.273. The van der Waals surface area contributed by atoms with Gasteiger partial charge in [-0.15, -0.1) is 0 Å². The largest absolute Gasteiger partial charge is 0.369 e. The number of halogens is 1. The van der Waals surface area contributed by atoms with Gasteiger partial charge in [-0.3, -0.25) is 4.90 Å². The summed E-state index contributed by atoms with van der Waals surface area (Å²) in [5, 5.41) is 0. The third-order valence-electron chi connectivity index (χ3n) is 4.71. The summed E-state index contributed by atoms with van der Waals surface area (Å²) in [5.74, 6) is 0. The van der Waals surface area contributed by atoms with Crippen molar-refractivity contribution in [3.8, 4) is 0 Å². The highest BCUT2D eigenvalue weighted by atomic mass is 79.9. The number of rotatable bonds is 3. The predicted octanol–water partition coefficient (Wildman–Crippen LogP) is 3.01. The first kappa shape index (κ1) is 15.3. The minimum absolute atomic E-state index is 0.216. The molecule has 21 heavy (non-hydrogen) atoms. The van der Waals surface area contributed by atoms with Crippen molar-refractivity contribution in [3.63, 3.8) is 0 Å². The van der Waals surface area contributed by atoms with Crippen LogP contribution in [0.4, 0.5) is 5.69 Å². The molecule has 2 saturated heterocycles. The van der Waals surface area contributed by atoms with Crippen molar-refractivity contribution < 1.29 is 0 Å². The minimum Gasteiger partial charge on any atom is -0.369 e. The van der Waals surface area contributed by atoms with E-state index in [4.69, 9.17) is 5.73 Å². The number of nitrogens with two attached hydrogens (primary N) is 1. The number of hydrogen-bond donors (Lipinski definition) is 1. The van der Waals surface area contributed by atoms with Crippen molar-refractivity contribution in [2.45, 2.75) is 44.7 Å². The van der Waals surface area contributed by atoms with Gasteiger partial charge in [0.2, 0.25) is 0 Å². The lowest BCUT2D eigenvalue weighted by Crippen LogP contribution is -2.36. The lowest BCUT2D eigenvalue weighted by atomic mass is 10.1. The highest BCUT2D eigenvalue weighted by molar-refractivity contribution is 9.10. The molecule has 2 atom stereocenters. The second-order valence-electron chi connectivity index (χ2n) is 6.60. The first-order chi connectivity index (χ1) is 10.1. The van der Waals surface area contributed by atoms with Gasteiger partial charge < -0.3 is 10.6 Å². The monoisotopic (exact) mass is 351 g/mol. The summed E-state index contributed by atoms with van der Waals surface area (Å²) in [4.78, 5) is 5.24. The molecule has 2 aliphatic rings. The molecule has 3 nitrogen and oxygen atoms in total. The number of anilines is 1. The second-order valence-corrected chi connectivity index (χ2v) is 7.45. The number of fused-ring (bicyclic) bond motifs is 1. The number of nitrogens with zero attached hydrogens (tertiary/aromatic N) is 2. The van der Waals surface area contributed by atoms with Gasteiger partial charge in [-0.25, -0.2) is 0 Å². The highest BCUT2D eigenvalue weighted by Gasteiger charge is 2.29. The van der Waals surface area contributed by atoms with Gasteiger partial charge in [-0.2, -0.15) is 0 Å². The van der Waals surface area contributed by atoms with Gasteiger partial charge in [0.15, 0.2) is 0 Å². The molecular weight excluding hydrogens is 326 g/mol. The van der Waals surface area contributed by atoms with Crippen LogP contribution in [0.15, 0.2) is 22.7 Å². The van der Waals surface area contributed by atoms with Gasteiger partial charge in [0, 0.05) is 36.2 Å². The molecule has 2 N–H and O–H groups in total. The third kappa shape index (κ3) is 3.61. The van der Waals surface area contributed by atoms with E-state index in [0.29, 0.717) is 0 Å². The molecular formula is C17H26BrN3. The van der Waals surface area contributed by atoms with Crippen LogP contribution in [-0.2, 0) is 6.42 Å². The van der Waals surface area contributed by atoms with E-state index in [1.54, 1.807) is 0 Å². The van der Waals surface area contributed by atoms with Crippen LogP contribution < -0.4 is 10.6 Å². The predicted molar refractivity (Wildman–Crippen MR) is 92.9 cm³/mol. The molecule has 0 aromatic heterocycles. The van der Waals surface area contributed by atoms with Crippen LogP contribution >= 0.6 is 15.9 Å². The van der Waals surface area contributed by atoms with E-state index in [-0.39, 0.29) is 6.04 Å². The summed E-state index contributed by atoms with van der Waals surface area (Å²) < 4.78 is 1.21. The Labute approximate surface area is 136 Å². The molecule has 1 aromatic carbocycles. The summed E-state index contributed by atoms with van der Waals surface area (Å²) >= 11 is 3.77. The maximum atomic E-state index is 5.90. The minimum atomic E-state index is 0.216. The van der Waals surface area contributed by atoms with E-state index in [2.05, 4.69) is 50.9 Å². The highest BCUT2D eigenvalue weighted by Crippen LogP contribution is 2.31. The maximum absolute atomic E-state index is 5.90. The summed E-state index contributed by atoms with van der Waals surface area (Å²) in [6, 6.07) is 7.72. The van der Waals surface area contributed by atoms with E-state index < -0.39 is 0 Å². The second kappa shape index (κ2) is 6.67. The van der Waals surface area contributed by atoms with Crippen LogP contribution in [-0.4, -0.2) is 43.2 Å². The Morgan fingerprint density at radius 3 is 2.86 bits per heavy atom. The van der Waals surface area contributed by atoms with E-state index >= 15 is 0 Å². The van der Waals surface area contributed by atoms with Crippen LogP contribution in [0.3, 0.4) is 0 Å². The molecule has 0 saturated carbocycles. The first-order valence-corrected chi connectivity index (χ1v) is 8.96. The van der Waals surface area contributed by atoms with E-state index in [9.17, 15) is 0 Å². The molecule has 0 bridgehead atoms. The van der Waals surface area contributed by atoms with Gasteiger partial charge in [0.05, 0.1) is 5.69 Å². The SMILES string of the molecule is CC(N)Cc1ccc(N2CCCN3CCCC3C2)c(Br)c1. The van der Waals surface area contributed by atoms with Crippen LogP contribution in [0.5, 0.6) is 0 Å². The Morgan fingerprint density at radius 2 is 2.10 bits per heavy atom. The summed E-state index contributed by atoms with van der Waals surface area (Å²) in [5.41, 5.74) is 8.57.